The molecule has 1 saturated carbocycles. The van der Waals surface area contributed by atoms with Gasteiger partial charge in [-0.2, -0.15) is 0 Å². The Labute approximate surface area is 80.4 Å². The molecule has 5 heteroatoms. The van der Waals surface area contributed by atoms with Crippen molar-refractivity contribution in [3.8, 4) is 0 Å². The van der Waals surface area contributed by atoms with Crippen LogP contribution in [0.4, 0.5) is 0 Å². The molecule has 74 valence electrons. The fourth-order valence-corrected chi connectivity index (χ4v) is 1.09. The van der Waals surface area contributed by atoms with Gasteiger partial charge in [0.2, 0.25) is 11.8 Å². The van der Waals surface area contributed by atoms with Gasteiger partial charge in [-0.1, -0.05) is 6.92 Å². The molecule has 0 aliphatic heterocycles. The highest BCUT2D eigenvalue weighted by molar-refractivity contribution is 5.84. The van der Waals surface area contributed by atoms with Crippen LogP contribution >= 0.6 is 0 Å². The Morgan fingerprint density at radius 3 is 2.86 bits per heavy atom. The second kappa shape index (κ2) is 2.94. The SMILES string of the molecule is CC1(c2nnc(/C=C/C(=O)O)o2)CC1. The predicted octanol–water partition coefficient (Wildman–Crippen LogP) is 1.22. The molecule has 0 aromatic carbocycles. The summed E-state index contributed by atoms with van der Waals surface area (Å²) in [6.07, 6.45) is 4.38. The van der Waals surface area contributed by atoms with Crippen molar-refractivity contribution in [3.63, 3.8) is 0 Å². The Morgan fingerprint density at radius 1 is 1.57 bits per heavy atom. The van der Waals surface area contributed by atoms with Crippen LogP contribution in [0.3, 0.4) is 0 Å². The fraction of sp³-hybridized carbons (Fsp3) is 0.444. The van der Waals surface area contributed by atoms with Gasteiger partial charge in [0, 0.05) is 17.6 Å². The largest absolute Gasteiger partial charge is 0.478 e. The van der Waals surface area contributed by atoms with E-state index in [0.717, 1.165) is 18.9 Å². The Morgan fingerprint density at radius 2 is 2.29 bits per heavy atom. The molecule has 0 atom stereocenters. The number of carboxylic acids is 1. The van der Waals surface area contributed by atoms with Gasteiger partial charge in [0.1, 0.15) is 0 Å². The van der Waals surface area contributed by atoms with Crippen molar-refractivity contribution in [3.05, 3.63) is 17.9 Å². The Kier molecular flexibility index (Phi) is 1.87. The minimum atomic E-state index is -1.03. The molecule has 0 saturated heterocycles. The van der Waals surface area contributed by atoms with E-state index in [1.165, 1.54) is 6.08 Å². The van der Waals surface area contributed by atoms with Gasteiger partial charge < -0.3 is 9.52 Å². The fourth-order valence-electron chi connectivity index (χ4n) is 1.09. The van der Waals surface area contributed by atoms with Crippen molar-refractivity contribution < 1.29 is 14.3 Å². The van der Waals surface area contributed by atoms with Crippen LogP contribution in [0.25, 0.3) is 6.08 Å². The topological polar surface area (TPSA) is 76.2 Å². The molecule has 5 nitrogen and oxygen atoms in total. The molecule has 1 N–H and O–H groups in total. The average molecular weight is 194 g/mol. The maximum absolute atomic E-state index is 10.2. The van der Waals surface area contributed by atoms with Crippen LogP contribution in [0.1, 0.15) is 31.5 Å². The van der Waals surface area contributed by atoms with Crippen LogP contribution in [0, 0.1) is 0 Å². The van der Waals surface area contributed by atoms with Gasteiger partial charge in [-0.3, -0.25) is 0 Å². The standard InChI is InChI=1S/C9H10N2O3/c1-9(4-5-9)8-11-10-6(14-8)2-3-7(12)13/h2-3H,4-5H2,1H3,(H,12,13)/b3-2+. The van der Waals surface area contributed by atoms with Gasteiger partial charge in [-0.15, -0.1) is 10.2 Å². The quantitative estimate of drug-likeness (QED) is 0.732. The van der Waals surface area contributed by atoms with Crippen molar-refractivity contribution in [2.75, 3.05) is 0 Å². The molecule has 0 radical (unpaired) electrons. The summed E-state index contributed by atoms with van der Waals surface area (Å²) in [6, 6.07) is 0. The molecule has 1 aliphatic rings. The Bertz CT molecular complexity index is 391. The summed E-state index contributed by atoms with van der Waals surface area (Å²) in [5.41, 5.74) is 0.0301. The second-order valence-corrected chi connectivity index (χ2v) is 3.68. The molecule has 14 heavy (non-hydrogen) atoms. The minimum absolute atomic E-state index is 0.0301. The van der Waals surface area contributed by atoms with E-state index in [9.17, 15) is 4.79 Å². The van der Waals surface area contributed by atoms with Gasteiger partial charge in [0.05, 0.1) is 0 Å². The minimum Gasteiger partial charge on any atom is -0.478 e. The highest BCUT2D eigenvalue weighted by Crippen LogP contribution is 2.46. The molecule has 1 heterocycles. The Hall–Kier alpha value is -1.65. The summed E-state index contributed by atoms with van der Waals surface area (Å²) < 4.78 is 5.29. The highest BCUT2D eigenvalue weighted by atomic mass is 16.4. The van der Waals surface area contributed by atoms with E-state index in [0.29, 0.717) is 5.89 Å². The number of hydrogen-bond donors (Lipinski definition) is 1. The number of rotatable bonds is 3. The lowest BCUT2D eigenvalue weighted by Crippen LogP contribution is -1.99. The van der Waals surface area contributed by atoms with Gasteiger partial charge in [-0.25, -0.2) is 4.79 Å². The summed E-state index contributed by atoms with van der Waals surface area (Å²) in [5.74, 6) is -0.180. The van der Waals surface area contributed by atoms with Crippen molar-refractivity contribution in [2.45, 2.75) is 25.2 Å². The molecule has 1 fully saturated rings. The average Bonchev–Trinajstić information content (AvgIpc) is 2.70. The molecule has 0 unspecified atom stereocenters. The van der Waals surface area contributed by atoms with E-state index in [1.807, 2.05) is 6.92 Å². The first-order chi connectivity index (χ1) is 6.60. The molecule has 1 aromatic rings. The number of carboxylic acid groups (broad SMARTS) is 1. The van der Waals surface area contributed by atoms with Crippen LogP contribution in [0.5, 0.6) is 0 Å². The van der Waals surface area contributed by atoms with Crippen LogP contribution in [-0.2, 0) is 10.2 Å². The zero-order valence-electron chi connectivity index (χ0n) is 7.73. The van der Waals surface area contributed by atoms with Gasteiger partial charge in [0.25, 0.3) is 0 Å². The zero-order valence-corrected chi connectivity index (χ0v) is 7.73. The predicted molar refractivity (Wildman–Crippen MR) is 47.6 cm³/mol. The molecule has 2 rings (SSSR count). The Balaban J connectivity index is 2.14. The van der Waals surface area contributed by atoms with Gasteiger partial charge in [0.15, 0.2) is 0 Å². The third kappa shape index (κ3) is 1.66. The smallest absolute Gasteiger partial charge is 0.328 e. The van der Waals surface area contributed by atoms with E-state index >= 15 is 0 Å². The lowest BCUT2D eigenvalue weighted by molar-refractivity contribution is -0.131. The summed E-state index contributed by atoms with van der Waals surface area (Å²) in [4.78, 5) is 10.2. The number of carbonyl (C=O) groups is 1. The maximum Gasteiger partial charge on any atom is 0.328 e. The first-order valence-electron chi connectivity index (χ1n) is 4.35. The molecule has 0 amide bonds. The van der Waals surface area contributed by atoms with Gasteiger partial charge >= 0.3 is 5.97 Å². The number of aromatic nitrogens is 2. The molecular weight excluding hydrogens is 184 g/mol. The third-order valence-electron chi connectivity index (χ3n) is 2.33. The molecule has 1 aromatic heterocycles. The van der Waals surface area contributed by atoms with Gasteiger partial charge in [-0.05, 0) is 12.8 Å². The lowest BCUT2D eigenvalue weighted by atomic mass is 10.1. The third-order valence-corrected chi connectivity index (χ3v) is 2.33. The monoisotopic (exact) mass is 194 g/mol. The number of nitrogens with zero attached hydrogens (tertiary/aromatic N) is 2. The van der Waals surface area contributed by atoms with E-state index in [-0.39, 0.29) is 11.3 Å². The molecular formula is C9H10N2O3. The molecule has 0 spiro atoms. The first kappa shape index (κ1) is 8.93. The maximum atomic E-state index is 10.2. The van der Waals surface area contributed by atoms with Crippen LogP contribution < -0.4 is 0 Å². The summed E-state index contributed by atoms with van der Waals surface area (Å²) in [6.45, 7) is 2.05. The van der Waals surface area contributed by atoms with E-state index < -0.39 is 5.97 Å². The van der Waals surface area contributed by atoms with Crippen molar-refractivity contribution >= 4 is 12.0 Å². The summed E-state index contributed by atoms with van der Waals surface area (Å²) >= 11 is 0. The molecule has 0 bridgehead atoms. The summed E-state index contributed by atoms with van der Waals surface area (Å²) in [5, 5.41) is 16.0. The second-order valence-electron chi connectivity index (χ2n) is 3.68. The molecule has 1 aliphatic carbocycles. The van der Waals surface area contributed by atoms with Crippen molar-refractivity contribution in [2.24, 2.45) is 0 Å². The van der Waals surface area contributed by atoms with Crippen molar-refractivity contribution in [1.82, 2.24) is 10.2 Å². The lowest BCUT2D eigenvalue weighted by Gasteiger charge is -1.97. The van der Waals surface area contributed by atoms with E-state index in [4.69, 9.17) is 9.52 Å². The first-order valence-corrected chi connectivity index (χ1v) is 4.35. The highest BCUT2D eigenvalue weighted by Gasteiger charge is 2.44. The number of aliphatic carboxylic acids is 1. The van der Waals surface area contributed by atoms with E-state index in [2.05, 4.69) is 10.2 Å². The zero-order chi connectivity index (χ0) is 10.2. The summed E-state index contributed by atoms with van der Waals surface area (Å²) in [7, 11) is 0. The van der Waals surface area contributed by atoms with E-state index in [1.54, 1.807) is 0 Å². The van der Waals surface area contributed by atoms with Crippen LogP contribution in [0.2, 0.25) is 0 Å². The van der Waals surface area contributed by atoms with Crippen molar-refractivity contribution in [1.29, 1.82) is 0 Å². The number of hydrogen-bond acceptors (Lipinski definition) is 4. The van der Waals surface area contributed by atoms with Crippen LogP contribution in [0.15, 0.2) is 10.5 Å². The normalized spacial score (nSPS) is 18.6. The van der Waals surface area contributed by atoms with Crippen LogP contribution in [-0.4, -0.2) is 21.3 Å².